The summed E-state index contributed by atoms with van der Waals surface area (Å²) in [4.78, 5) is 27.6. The lowest BCUT2D eigenvalue weighted by atomic mass is 10.2. The zero-order valence-electron chi connectivity index (χ0n) is 20.4. The predicted octanol–water partition coefficient (Wildman–Crippen LogP) is 1.20. The second-order valence-corrected chi connectivity index (χ2v) is 9.34. The molecule has 2 fully saturated rings. The molecule has 11 heteroatoms. The Hall–Kier alpha value is -3.83. The van der Waals surface area contributed by atoms with E-state index in [1.54, 1.807) is 17.3 Å². The van der Waals surface area contributed by atoms with Crippen molar-refractivity contribution in [1.29, 1.82) is 0 Å². The number of rotatable bonds is 5. The molecule has 0 saturated carbocycles. The van der Waals surface area contributed by atoms with Crippen LogP contribution in [-0.2, 0) is 22.7 Å². The first kappa shape index (κ1) is 22.6. The molecule has 11 nitrogen and oxygen atoms in total. The van der Waals surface area contributed by atoms with Crippen LogP contribution in [0.1, 0.15) is 5.82 Å². The third-order valence-electron chi connectivity index (χ3n) is 6.96. The van der Waals surface area contributed by atoms with E-state index in [1.807, 2.05) is 11.2 Å². The van der Waals surface area contributed by atoms with Crippen molar-refractivity contribution in [2.75, 3.05) is 61.6 Å². The SMILES string of the molecule is C=CCN1C(=O)C2=CNC(Nc3ccc(N4CCN(C)CC4)cc3)=NC2N1c1cn2c(n1)COCC2. The number of anilines is 3. The molecular weight excluding hydrogens is 458 g/mol. The van der Waals surface area contributed by atoms with E-state index in [4.69, 9.17) is 14.7 Å². The highest BCUT2D eigenvalue weighted by Crippen LogP contribution is 2.33. The molecule has 0 radical (unpaired) electrons. The largest absolute Gasteiger partial charge is 0.372 e. The van der Waals surface area contributed by atoms with Gasteiger partial charge in [0.15, 0.2) is 12.0 Å². The van der Waals surface area contributed by atoms with Gasteiger partial charge in [0.1, 0.15) is 12.4 Å². The van der Waals surface area contributed by atoms with Crippen LogP contribution in [0.5, 0.6) is 0 Å². The molecule has 5 heterocycles. The van der Waals surface area contributed by atoms with Gasteiger partial charge in [-0.2, -0.15) is 0 Å². The van der Waals surface area contributed by atoms with Crippen molar-refractivity contribution >= 4 is 29.1 Å². The predicted molar refractivity (Wildman–Crippen MR) is 138 cm³/mol. The maximum absolute atomic E-state index is 13.2. The summed E-state index contributed by atoms with van der Waals surface area (Å²) in [5, 5.41) is 9.99. The van der Waals surface area contributed by atoms with Crippen LogP contribution in [0.15, 0.2) is 59.9 Å². The van der Waals surface area contributed by atoms with Crippen LogP contribution in [0.2, 0.25) is 0 Å². The Kier molecular flexibility index (Phi) is 5.86. The molecular formula is C25H31N9O2. The van der Waals surface area contributed by atoms with E-state index in [0.717, 1.165) is 44.2 Å². The van der Waals surface area contributed by atoms with Crippen LogP contribution < -0.4 is 20.5 Å². The lowest BCUT2D eigenvalue weighted by Crippen LogP contribution is -2.44. The Labute approximate surface area is 210 Å². The number of hydrazine groups is 1. The maximum Gasteiger partial charge on any atom is 0.274 e. The molecule has 1 aromatic heterocycles. The number of imidazole rings is 1. The summed E-state index contributed by atoms with van der Waals surface area (Å²) < 4.78 is 7.62. The normalized spacial score (nSPS) is 22.0. The van der Waals surface area contributed by atoms with Crippen LogP contribution in [0, 0.1) is 0 Å². The highest BCUT2D eigenvalue weighted by molar-refractivity contribution is 6.04. The van der Waals surface area contributed by atoms with E-state index < -0.39 is 6.17 Å². The van der Waals surface area contributed by atoms with Crippen molar-refractivity contribution in [2.24, 2.45) is 4.99 Å². The van der Waals surface area contributed by atoms with Crippen LogP contribution >= 0.6 is 0 Å². The summed E-state index contributed by atoms with van der Waals surface area (Å²) in [5.41, 5.74) is 2.70. The number of ether oxygens (including phenoxy) is 1. The Morgan fingerprint density at radius 2 is 2.00 bits per heavy atom. The molecule has 2 aromatic rings. The monoisotopic (exact) mass is 489 g/mol. The number of hydrogen-bond donors (Lipinski definition) is 2. The maximum atomic E-state index is 13.2. The summed E-state index contributed by atoms with van der Waals surface area (Å²) in [6, 6.07) is 8.38. The van der Waals surface area contributed by atoms with E-state index in [0.29, 0.717) is 37.1 Å². The molecule has 2 saturated heterocycles. The number of carbonyl (C=O) groups excluding carboxylic acids is 1. The van der Waals surface area contributed by atoms with E-state index in [2.05, 4.69) is 62.9 Å². The number of carbonyl (C=O) groups is 1. The number of amides is 1. The van der Waals surface area contributed by atoms with Crippen molar-refractivity contribution in [1.82, 2.24) is 24.8 Å². The summed E-state index contributed by atoms with van der Waals surface area (Å²) >= 11 is 0. The molecule has 36 heavy (non-hydrogen) atoms. The molecule has 1 amide bonds. The van der Waals surface area contributed by atoms with Gasteiger partial charge in [-0.05, 0) is 31.3 Å². The van der Waals surface area contributed by atoms with Gasteiger partial charge in [0.25, 0.3) is 5.91 Å². The van der Waals surface area contributed by atoms with Gasteiger partial charge in [-0.15, -0.1) is 6.58 Å². The average Bonchev–Trinajstić information content (AvgIpc) is 3.44. The number of fused-ring (bicyclic) bond motifs is 2. The topological polar surface area (TPSA) is 93.5 Å². The molecule has 2 N–H and O–H groups in total. The van der Waals surface area contributed by atoms with E-state index in [1.165, 1.54) is 5.69 Å². The van der Waals surface area contributed by atoms with Gasteiger partial charge in [-0.3, -0.25) is 4.79 Å². The molecule has 188 valence electrons. The quantitative estimate of drug-likeness (QED) is 0.606. The number of hydrogen-bond acceptors (Lipinski definition) is 9. The van der Waals surface area contributed by atoms with Crippen molar-refractivity contribution in [3.63, 3.8) is 0 Å². The number of aromatic nitrogens is 2. The molecule has 1 atom stereocenters. The van der Waals surface area contributed by atoms with Gasteiger partial charge in [0.2, 0.25) is 5.96 Å². The average molecular weight is 490 g/mol. The number of nitrogens with one attached hydrogen (secondary N) is 2. The second-order valence-electron chi connectivity index (χ2n) is 9.34. The number of nitrogens with zero attached hydrogens (tertiary/aromatic N) is 7. The Bertz CT molecular complexity index is 1190. The zero-order chi connectivity index (χ0) is 24.6. The summed E-state index contributed by atoms with van der Waals surface area (Å²) in [6.45, 7) is 10.2. The van der Waals surface area contributed by atoms with E-state index >= 15 is 0 Å². The standard InChI is InChI=1S/C25H31N9O2/c1-3-8-33-24(35)20-15-26-25(27-18-4-6-19(7-5-18)31-11-9-30(2)10-12-31)29-23(20)34(33)21-16-32-13-14-36-17-22(32)28-21/h3-7,15-16,23H,1,8-14,17H2,2H3,(H2,26,27,29). The molecule has 0 spiro atoms. The molecule has 1 aromatic carbocycles. The highest BCUT2D eigenvalue weighted by atomic mass is 16.5. The smallest absolute Gasteiger partial charge is 0.274 e. The van der Waals surface area contributed by atoms with Crippen LogP contribution in [0.4, 0.5) is 17.2 Å². The van der Waals surface area contributed by atoms with Gasteiger partial charge in [-0.1, -0.05) is 6.08 Å². The van der Waals surface area contributed by atoms with Gasteiger partial charge in [-0.25, -0.2) is 20.0 Å². The van der Waals surface area contributed by atoms with Crippen LogP contribution in [-0.4, -0.2) is 83.9 Å². The molecule has 6 rings (SSSR count). The lowest BCUT2D eigenvalue weighted by Gasteiger charge is -2.34. The van der Waals surface area contributed by atoms with Crippen molar-refractivity contribution in [3.05, 3.63) is 60.7 Å². The van der Waals surface area contributed by atoms with Crippen molar-refractivity contribution in [3.8, 4) is 0 Å². The first-order chi connectivity index (χ1) is 17.6. The Morgan fingerprint density at radius 3 is 2.75 bits per heavy atom. The third-order valence-corrected chi connectivity index (χ3v) is 6.96. The van der Waals surface area contributed by atoms with Crippen molar-refractivity contribution < 1.29 is 9.53 Å². The van der Waals surface area contributed by atoms with Gasteiger partial charge in [0, 0.05) is 56.5 Å². The zero-order valence-corrected chi connectivity index (χ0v) is 20.4. The van der Waals surface area contributed by atoms with E-state index in [9.17, 15) is 4.79 Å². The van der Waals surface area contributed by atoms with Gasteiger partial charge in [0.05, 0.1) is 18.7 Å². The highest BCUT2D eigenvalue weighted by Gasteiger charge is 2.45. The minimum absolute atomic E-state index is 0.117. The molecule has 0 bridgehead atoms. The number of piperazine rings is 1. The summed E-state index contributed by atoms with van der Waals surface area (Å²) in [7, 11) is 2.16. The van der Waals surface area contributed by atoms with Crippen molar-refractivity contribution in [2.45, 2.75) is 19.3 Å². The van der Waals surface area contributed by atoms with E-state index in [-0.39, 0.29) is 5.91 Å². The molecule has 1 unspecified atom stereocenters. The minimum Gasteiger partial charge on any atom is -0.372 e. The fraction of sp³-hybridized carbons (Fsp3) is 0.400. The van der Waals surface area contributed by atoms with Crippen LogP contribution in [0.25, 0.3) is 0 Å². The number of guanidine groups is 1. The Balaban J connectivity index is 1.23. The van der Waals surface area contributed by atoms with Crippen LogP contribution in [0.3, 0.4) is 0 Å². The third kappa shape index (κ3) is 4.10. The first-order valence-electron chi connectivity index (χ1n) is 12.3. The Morgan fingerprint density at radius 1 is 1.19 bits per heavy atom. The lowest BCUT2D eigenvalue weighted by molar-refractivity contribution is -0.124. The number of likely N-dealkylation sites (N-methyl/N-ethyl adjacent to an activating group) is 1. The first-order valence-corrected chi connectivity index (χ1v) is 12.3. The number of aliphatic imine (C=N–C) groups is 1. The molecule has 4 aliphatic rings. The molecule has 4 aliphatic heterocycles. The second kappa shape index (κ2) is 9.32. The summed E-state index contributed by atoms with van der Waals surface area (Å²) in [5.74, 6) is 1.97. The minimum atomic E-state index is -0.524. The molecule has 0 aliphatic carbocycles. The van der Waals surface area contributed by atoms with Gasteiger partial charge < -0.3 is 29.7 Å². The number of benzene rings is 1. The van der Waals surface area contributed by atoms with Gasteiger partial charge >= 0.3 is 0 Å². The summed E-state index contributed by atoms with van der Waals surface area (Å²) in [6.07, 6.45) is 4.88. The fourth-order valence-electron chi connectivity index (χ4n) is 4.94. The fourth-order valence-corrected chi connectivity index (χ4v) is 4.94.